The molecule has 3 heterocycles. The van der Waals surface area contributed by atoms with E-state index in [4.69, 9.17) is 4.98 Å². The molecule has 4 aromatic rings. The van der Waals surface area contributed by atoms with Crippen LogP contribution in [0.1, 0.15) is 23.1 Å². The van der Waals surface area contributed by atoms with Gasteiger partial charge in [-0.05, 0) is 29.1 Å². The number of nitrogens with one attached hydrogen (secondary N) is 1. The normalized spacial score (nSPS) is 12.4. The van der Waals surface area contributed by atoms with Gasteiger partial charge in [-0.15, -0.1) is 11.3 Å². The highest BCUT2D eigenvalue weighted by Gasteiger charge is 2.19. The molecule has 132 valence electrons. The van der Waals surface area contributed by atoms with Gasteiger partial charge in [0, 0.05) is 42.3 Å². The van der Waals surface area contributed by atoms with Crippen molar-refractivity contribution in [2.45, 2.75) is 12.6 Å². The van der Waals surface area contributed by atoms with E-state index in [1.54, 1.807) is 41.0 Å². The van der Waals surface area contributed by atoms with Gasteiger partial charge >= 0.3 is 0 Å². The molecule has 26 heavy (non-hydrogen) atoms. The van der Waals surface area contributed by atoms with Crippen molar-refractivity contribution in [1.82, 2.24) is 19.9 Å². The van der Waals surface area contributed by atoms with Crippen LogP contribution in [0.3, 0.4) is 0 Å². The fraction of sp³-hybridized carbons (Fsp3) is 0.158. The number of aryl methyl sites for hydroxylation is 1. The van der Waals surface area contributed by atoms with E-state index in [1.165, 1.54) is 6.07 Å². The summed E-state index contributed by atoms with van der Waals surface area (Å²) in [7, 11) is 1.94. The van der Waals surface area contributed by atoms with Crippen LogP contribution in [0, 0.1) is 5.82 Å². The van der Waals surface area contributed by atoms with Crippen LogP contribution >= 0.6 is 22.7 Å². The highest BCUT2D eigenvalue weighted by atomic mass is 32.1. The third-order valence-electron chi connectivity index (χ3n) is 4.11. The molecule has 3 aromatic heterocycles. The Bertz CT molecular complexity index is 991. The fourth-order valence-corrected chi connectivity index (χ4v) is 4.35. The third kappa shape index (κ3) is 3.60. The lowest BCUT2D eigenvalue weighted by atomic mass is 10.1. The monoisotopic (exact) mass is 384 g/mol. The number of benzene rings is 1. The van der Waals surface area contributed by atoms with E-state index in [1.807, 2.05) is 23.9 Å². The van der Waals surface area contributed by atoms with Crippen molar-refractivity contribution in [1.29, 1.82) is 0 Å². The Morgan fingerprint density at radius 2 is 2.19 bits per heavy atom. The Morgan fingerprint density at radius 3 is 2.92 bits per heavy atom. The number of hydrogen-bond acceptors (Lipinski definition) is 5. The van der Waals surface area contributed by atoms with Crippen LogP contribution in [0.15, 0.2) is 58.9 Å². The van der Waals surface area contributed by atoms with Crippen LogP contribution in [0.25, 0.3) is 10.6 Å². The second-order valence-corrected chi connectivity index (χ2v) is 7.56. The van der Waals surface area contributed by atoms with Crippen LogP contribution in [0.2, 0.25) is 0 Å². The lowest BCUT2D eigenvalue weighted by molar-refractivity contribution is 0.547. The second kappa shape index (κ2) is 7.49. The predicted octanol–water partition coefficient (Wildman–Crippen LogP) is 4.62. The molecule has 1 aromatic carbocycles. The van der Waals surface area contributed by atoms with Gasteiger partial charge in [-0.25, -0.2) is 14.4 Å². The average molecular weight is 385 g/mol. The lowest BCUT2D eigenvalue weighted by Crippen LogP contribution is -2.25. The SMILES string of the molecule is Cn1ccnc1[C@@H](NCc1csc(-c2ccsc2)n1)c1cccc(F)c1. The smallest absolute Gasteiger partial charge is 0.130 e. The third-order valence-corrected chi connectivity index (χ3v) is 5.73. The van der Waals surface area contributed by atoms with Crippen LogP contribution in [0.5, 0.6) is 0 Å². The van der Waals surface area contributed by atoms with Crippen LogP contribution in [-0.4, -0.2) is 14.5 Å². The zero-order valence-electron chi connectivity index (χ0n) is 14.1. The topological polar surface area (TPSA) is 42.7 Å². The Balaban J connectivity index is 1.57. The van der Waals surface area contributed by atoms with E-state index in [0.29, 0.717) is 6.54 Å². The summed E-state index contributed by atoms with van der Waals surface area (Å²) in [5, 5.41) is 10.7. The van der Waals surface area contributed by atoms with Crippen LogP contribution in [0.4, 0.5) is 4.39 Å². The lowest BCUT2D eigenvalue weighted by Gasteiger charge is -2.18. The minimum Gasteiger partial charge on any atom is -0.336 e. The number of imidazole rings is 1. The molecule has 0 aliphatic carbocycles. The van der Waals surface area contributed by atoms with E-state index < -0.39 is 0 Å². The minimum atomic E-state index is -0.253. The van der Waals surface area contributed by atoms with E-state index in [9.17, 15) is 4.39 Å². The van der Waals surface area contributed by atoms with Crippen molar-refractivity contribution >= 4 is 22.7 Å². The number of rotatable bonds is 6. The molecular weight excluding hydrogens is 367 g/mol. The van der Waals surface area contributed by atoms with Crippen molar-refractivity contribution in [3.05, 3.63) is 81.8 Å². The van der Waals surface area contributed by atoms with E-state index in [0.717, 1.165) is 27.7 Å². The summed E-state index contributed by atoms with van der Waals surface area (Å²) in [6, 6.07) is 8.49. The molecule has 0 saturated heterocycles. The zero-order valence-corrected chi connectivity index (χ0v) is 15.7. The van der Waals surface area contributed by atoms with Gasteiger partial charge in [-0.3, -0.25) is 5.32 Å². The number of thiazole rings is 1. The fourth-order valence-electron chi connectivity index (χ4n) is 2.81. The molecule has 0 fully saturated rings. The molecule has 7 heteroatoms. The summed E-state index contributed by atoms with van der Waals surface area (Å²) >= 11 is 3.30. The summed E-state index contributed by atoms with van der Waals surface area (Å²) in [5.41, 5.74) is 2.96. The second-order valence-electron chi connectivity index (χ2n) is 5.92. The summed E-state index contributed by atoms with van der Waals surface area (Å²) in [6.07, 6.45) is 3.64. The predicted molar refractivity (Wildman–Crippen MR) is 104 cm³/mol. The Morgan fingerprint density at radius 1 is 1.27 bits per heavy atom. The Kier molecular flexibility index (Phi) is 4.92. The van der Waals surface area contributed by atoms with Gasteiger partial charge in [0.1, 0.15) is 16.6 Å². The molecule has 0 radical (unpaired) electrons. The van der Waals surface area contributed by atoms with Crippen molar-refractivity contribution in [2.75, 3.05) is 0 Å². The van der Waals surface area contributed by atoms with E-state index >= 15 is 0 Å². The van der Waals surface area contributed by atoms with Crippen molar-refractivity contribution in [3.63, 3.8) is 0 Å². The Hall–Kier alpha value is -2.35. The molecule has 1 atom stereocenters. The molecular formula is C19H17FN4S2. The van der Waals surface area contributed by atoms with Crippen LogP contribution in [-0.2, 0) is 13.6 Å². The highest BCUT2D eigenvalue weighted by molar-refractivity contribution is 7.14. The maximum Gasteiger partial charge on any atom is 0.130 e. The average Bonchev–Trinajstić information content (AvgIpc) is 3.37. The first-order valence-electron chi connectivity index (χ1n) is 8.14. The molecule has 0 aliphatic heterocycles. The molecule has 0 aliphatic rings. The molecule has 4 nitrogen and oxygen atoms in total. The van der Waals surface area contributed by atoms with Gasteiger partial charge in [0.15, 0.2) is 0 Å². The summed E-state index contributed by atoms with van der Waals surface area (Å²) in [4.78, 5) is 9.14. The van der Waals surface area contributed by atoms with Crippen LogP contribution < -0.4 is 5.32 Å². The number of thiophene rings is 1. The number of halogens is 1. The molecule has 0 unspecified atom stereocenters. The zero-order chi connectivity index (χ0) is 17.9. The quantitative estimate of drug-likeness (QED) is 0.527. The first-order chi connectivity index (χ1) is 12.7. The Labute approximate surface area is 159 Å². The van der Waals surface area contributed by atoms with Gasteiger partial charge in [-0.2, -0.15) is 11.3 Å². The van der Waals surface area contributed by atoms with E-state index in [2.05, 4.69) is 32.5 Å². The maximum absolute atomic E-state index is 13.7. The number of nitrogens with zero attached hydrogens (tertiary/aromatic N) is 3. The maximum atomic E-state index is 13.7. The largest absolute Gasteiger partial charge is 0.336 e. The molecule has 4 rings (SSSR count). The number of aromatic nitrogens is 3. The van der Waals surface area contributed by atoms with Crippen molar-refractivity contribution in [3.8, 4) is 10.6 Å². The minimum absolute atomic E-state index is 0.211. The summed E-state index contributed by atoms with van der Waals surface area (Å²) in [5.74, 6) is 0.584. The molecule has 0 spiro atoms. The van der Waals surface area contributed by atoms with Crippen molar-refractivity contribution < 1.29 is 4.39 Å². The first kappa shape index (κ1) is 17.1. The van der Waals surface area contributed by atoms with Crippen molar-refractivity contribution in [2.24, 2.45) is 7.05 Å². The van der Waals surface area contributed by atoms with Gasteiger partial charge < -0.3 is 4.57 Å². The molecule has 0 bridgehead atoms. The molecule has 1 N–H and O–H groups in total. The number of hydrogen-bond donors (Lipinski definition) is 1. The van der Waals surface area contributed by atoms with Gasteiger partial charge in [0.05, 0.1) is 11.7 Å². The van der Waals surface area contributed by atoms with Gasteiger partial charge in [-0.1, -0.05) is 12.1 Å². The molecule has 0 saturated carbocycles. The summed E-state index contributed by atoms with van der Waals surface area (Å²) in [6.45, 7) is 0.578. The van der Waals surface area contributed by atoms with Gasteiger partial charge in [0.25, 0.3) is 0 Å². The summed E-state index contributed by atoms with van der Waals surface area (Å²) < 4.78 is 15.7. The van der Waals surface area contributed by atoms with Gasteiger partial charge in [0.2, 0.25) is 0 Å². The first-order valence-corrected chi connectivity index (χ1v) is 9.96. The standard InChI is InChI=1S/C19H17FN4S2/c1-24-7-6-21-18(24)17(13-3-2-4-15(20)9-13)22-10-16-12-26-19(23-16)14-5-8-25-11-14/h2-9,11-12,17,22H,10H2,1H3/t17-/m0/s1. The van der Waals surface area contributed by atoms with E-state index in [-0.39, 0.29) is 11.9 Å². The molecule has 0 amide bonds. The highest BCUT2D eigenvalue weighted by Crippen LogP contribution is 2.26.